The molecule has 0 saturated carbocycles. The lowest BCUT2D eigenvalue weighted by molar-refractivity contribution is -0.141. The molecular formula is C8H2BBrF6. The first-order valence-electron chi connectivity index (χ1n) is 3.77. The topological polar surface area (TPSA) is 0 Å². The van der Waals surface area contributed by atoms with Crippen molar-refractivity contribution < 1.29 is 26.3 Å². The number of rotatable bonds is 0. The van der Waals surface area contributed by atoms with Crippen molar-refractivity contribution in [3.05, 3.63) is 27.7 Å². The lowest BCUT2D eigenvalue weighted by atomic mass is 9.88. The van der Waals surface area contributed by atoms with Crippen LogP contribution in [-0.4, -0.2) is 7.85 Å². The van der Waals surface area contributed by atoms with Gasteiger partial charge in [0.2, 0.25) is 0 Å². The molecule has 0 unspecified atom stereocenters. The number of hydrogen-bond acceptors (Lipinski definition) is 0. The van der Waals surface area contributed by atoms with E-state index in [2.05, 4.69) is 15.9 Å². The van der Waals surface area contributed by atoms with Crippen LogP contribution in [0.4, 0.5) is 26.3 Å². The van der Waals surface area contributed by atoms with Gasteiger partial charge >= 0.3 is 12.4 Å². The van der Waals surface area contributed by atoms with Crippen molar-refractivity contribution in [2.45, 2.75) is 12.4 Å². The summed E-state index contributed by atoms with van der Waals surface area (Å²) in [4.78, 5) is 0. The predicted octanol–water partition coefficient (Wildman–Crippen LogP) is 3.28. The highest BCUT2D eigenvalue weighted by Crippen LogP contribution is 2.37. The van der Waals surface area contributed by atoms with Gasteiger partial charge in [-0.25, -0.2) is 0 Å². The second kappa shape index (κ2) is 3.98. The van der Waals surface area contributed by atoms with E-state index < -0.39 is 33.4 Å². The maximum atomic E-state index is 12.3. The van der Waals surface area contributed by atoms with Crippen molar-refractivity contribution in [2.75, 3.05) is 0 Å². The molecule has 0 aliphatic heterocycles. The Morgan fingerprint density at radius 3 is 1.69 bits per heavy atom. The molecular weight excluding hydrogens is 301 g/mol. The summed E-state index contributed by atoms with van der Waals surface area (Å²) in [5, 5.41) is 0. The van der Waals surface area contributed by atoms with Gasteiger partial charge in [0.05, 0.1) is 5.56 Å². The summed E-state index contributed by atoms with van der Waals surface area (Å²) in [6, 6.07) is 0.574. The van der Waals surface area contributed by atoms with E-state index >= 15 is 0 Å². The van der Waals surface area contributed by atoms with Crippen LogP contribution in [-0.2, 0) is 12.4 Å². The van der Waals surface area contributed by atoms with Crippen LogP contribution in [0.25, 0.3) is 0 Å². The van der Waals surface area contributed by atoms with Gasteiger partial charge < -0.3 is 0 Å². The zero-order valence-electron chi connectivity index (χ0n) is 7.38. The van der Waals surface area contributed by atoms with Gasteiger partial charge in [0.25, 0.3) is 0 Å². The van der Waals surface area contributed by atoms with Crippen LogP contribution in [0.3, 0.4) is 0 Å². The van der Waals surface area contributed by atoms with Crippen LogP contribution in [0, 0.1) is 0 Å². The maximum absolute atomic E-state index is 12.3. The van der Waals surface area contributed by atoms with Crippen LogP contribution >= 0.6 is 15.9 Å². The Morgan fingerprint density at radius 1 is 0.875 bits per heavy atom. The quantitative estimate of drug-likeness (QED) is 0.510. The molecule has 86 valence electrons. The molecule has 8 heteroatoms. The summed E-state index contributed by atoms with van der Waals surface area (Å²) in [6.07, 6.45) is -9.53. The summed E-state index contributed by atoms with van der Waals surface area (Å²) >= 11 is 2.43. The minimum Gasteiger partial charge on any atom is -0.166 e. The van der Waals surface area contributed by atoms with E-state index in [9.17, 15) is 26.3 Å². The fourth-order valence-electron chi connectivity index (χ4n) is 1.05. The second-order valence-corrected chi connectivity index (χ2v) is 3.77. The molecule has 0 aromatic heterocycles. The molecule has 0 aliphatic rings. The zero-order valence-corrected chi connectivity index (χ0v) is 8.96. The first-order chi connectivity index (χ1) is 7.03. The van der Waals surface area contributed by atoms with E-state index in [1.54, 1.807) is 0 Å². The molecule has 0 bridgehead atoms. The zero-order chi connectivity index (χ0) is 12.7. The minimum atomic E-state index is -4.78. The molecule has 1 aromatic carbocycles. The molecule has 1 rings (SSSR count). The van der Waals surface area contributed by atoms with Crippen molar-refractivity contribution in [3.8, 4) is 0 Å². The first-order valence-corrected chi connectivity index (χ1v) is 4.56. The van der Waals surface area contributed by atoms with Gasteiger partial charge in [-0.2, -0.15) is 26.3 Å². The smallest absolute Gasteiger partial charge is 0.166 e. The highest BCUT2D eigenvalue weighted by molar-refractivity contribution is 9.10. The summed E-state index contributed by atoms with van der Waals surface area (Å²) in [7, 11) is 4.93. The molecule has 0 nitrogen and oxygen atoms in total. The first kappa shape index (κ1) is 13.4. The average Bonchev–Trinajstić information content (AvgIpc) is 2.04. The van der Waals surface area contributed by atoms with E-state index in [-0.39, 0.29) is 6.07 Å². The van der Waals surface area contributed by atoms with Crippen LogP contribution < -0.4 is 5.46 Å². The standard InChI is InChI=1S/C8H2BBrF6/c9-5-1-4(8(14,15)16)6(10)2-3(5)7(11,12)13/h1-2H. The van der Waals surface area contributed by atoms with Crippen LogP contribution in [0.2, 0.25) is 0 Å². The Labute approximate surface area is 96.2 Å². The number of hydrogen-bond donors (Lipinski definition) is 0. The monoisotopic (exact) mass is 302 g/mol. The largest absolute Gasteiger partial charge is 0.417 e. The normalized spacial score (nSPS) is 12.9. The average molecular weight is 303 g/mol. The lowest BCUT2D eigenvalue weighted by Gasteiger charge is -2.15. The van der Waals surface area contributed by atoms with Gasteiger partial charge in [-0.3, -0.25) is 0 Å². The van der Waals surface area contributed by atoms with E-state index in [4.69, 9.17) is 7.85 Å². The van der Waals surface area contributed by atoms with Crippen molar-refractivity contribution in [1.29, 1.82) is 0 Å². The molecule has 0 N–H and O–H groups in total. The Morgan fingerprint density at radius 2 is 1.31 bits per heavy atom. The molecule has 1 aromatic rings. The summed E-state index contributed by atoms with van der Waals surface area (Å²) in [5.41, 5.74) is -3.49. The molecule has 0 heterocycles. The highest BCUT2D eigenvalue weighted by atomic mass is 79.9. The summed E-state index contributed by atoms with van der Waals surface area (Å²) in [6.45, 7) is 0. The Kier molecular flexibility index (Phi) is 3.33. The van der Waals surface area contributed by atoms with Crippen LogP contribution in [0.15, 0.2) is 16.6 Å². The van der Waals surface area contributed by atoms with Gasteiger partial charge in [-0.05, 0) is 6.07 Å². The van der Waals surface area contributed by atoms with E-state index in [1.807, 2.05) is 0 Å². The van der Waals surface area contributed by atoms with E-state index in [0.29, 0.717) is 6.07 Å². The number of benzene rings is 1. The summed E-state index contributed by atoms with van der Waals surface area (Å²) < 4.78 is 73.0. The molecule has 0 spiro atoms. The SMILES string of the molecule is [B]c1cc(C(F)(F)F)c(Br)cc1C(F)(F)F. The number of halogens is 7. The summed E-state index contributed by atoms with van der Waals surface area (Å²) in [5.74, 6) is 0. The molecule has 2 radical (unpaired) electrons. The van der Waals surface area contributed by atoms with Crippen molar-refractivity contribution in [2.24, 2.45) is 0 Å². The number of alkyl halides is 6. The fraction of sp³-hybridized carbons (Fsp3) is 0.250. The Balaban J connectivity index is 3.40. The molecule has 0 aliphatic carbocycles. The minimum absolute atomic E-state index is 0.257. The Hall–Kier alpha value is -0.655. The third kappa shape index (κ3) is 2.72. The van der Waals surface area contributed by atoms with Gasteiger partial charge in [0.1, 0.15) is 7.85 Å². The molecule has 0 amide bonds. The van der Waals surface area contributed by atoms with Gasteiger partial charge in [0.15, 0.2) is 0 Å². The highest BCUT2D eigenvalue weighted by Gasteiger charge is 2.37. The van der Waals surface area contributed by atoms with E-state index in [0.717, 1.165) is 0 Å². The predicted molar refractivity (Wildman–Crippen MR) is 49.5 cm³/mol. The molecule has 0 atom stereocenters. The van der Waals surface area contributed by atoms with Crippen LogP contribution in [0.5, 0.6) is 0 Å². The fourth-order valence-corrected chi connectivity index (χ4v) is 1.62. The van der Waals surface area contributed by atoms with E-state index in [1.165, 1.54) is 0 Å². The van der Waals surface area contributed by atoms with Crippen molar-refractivity contribution in [3.63, 3.8) is 0 Å². The second-order valence-electron chi connectivity index (χ2n) is 2.91. The third-order valence-corrected chi connectivity index (χ3v) is 2.41. The van der Waals surface area contributed by atoms with Gasteiger partial charge in [-0.1, -0.05) is 27.5 Å². The van der Waals surface area contributed by atoms with Gasteiger partial charge in [-0.15, -0.1) is 0 Å². The van der Waals surface area contributed by atoms with Crippen molar-refractivity contribution in [1.82, 2.24) is 0 Å². The molecule has 0 saturated heterocycles. The van der Waals surface area contributed by atoms with Crippen molar-refractivity contribution >= 4 is 29.2 Å². The lowest BCUT2D eigenvalue weighted by Crippen LogP contribution is -2.22. The third-order valence-electron chi connectivity index (χ3n) is 1.75. The maximum Gasteiger partial charge on any atom is 0.417 e. The van der Waals surface area contributed by atoms with Crippen LogP contribution in [0.1, 0.15) is 11.1 Å². The molecule has 0 fully saturated rings. The molecule has 16 heavy (non-hydrogen) atoms. The van der Waals surface area contributed by atoms with Gasteiger partial charge in [0, 0.05) is 10.0 Å². The Bertz CT molecular complexity index is 368.